The van der Waals surface area contributed by atoms with Crippen LogP contribution in [0.2, 0.25) is 0 Å². The zero-order chi connectivity index (χ0) is 13.8. The summed E-state index contributed by atoms with van der Waals surface area (Å²) in [4.78, 5) is 15.9. The third-order valence-electron chi connectivity index (χ3n) is 2.68. The van der Waals surface area contributed by atoms with E-state index >= 15 is 0 Å². The number of nitrogens with one attached hydrogen (secondary N) is 1. The van der Waals surface area contributed by atoms with Crippen molar-refractivity contribution in [2.24, 2.45) is 5.73 Å². The molecule has 0 aliphatic carbocycles. The largest absolute Gasteiger partial charge is 0.446 e. The molecule has 0 bridgehead atoms. The van der Waals surface area contributed by atoms with Crippen LogP contribution in [0.4, 0.5) is 0 Å². The number of rotatable bonds is 4. The van der Waals surface area contributed by atoms with Crippen molar-refractivity contribution in [2.75, 3.05) is 0 Å². The number of carbonyl (C=O) groups is 1. The second-order valence-corrected chi connectivity index (χ2v) is 4.53. The van der Waals surface area contributed by atoms with Gasteiger partial charge in [-0.25, -0.2) is 4.98 Å². The number of benzene rings is 1. The molecule has 0 saturated carbocycles. The Morgan fingerprint density at radius 1 is 1.53 bits per heavy atom. The predicted octanol–water partition coefficient (Wildman–Crippen LogP) is 1.93. The molecule has 1 aromatic heterocycles. The quantitative estimate of drug-likeness (QED) is 0.879. The molecule has 1 atom stereocenters. The van der Waals surface area contributed by atoms with Crippen LogP contribution in [0.1, 0.15) is 40.5 Å². The molecule has 1 heterocycles. The summed E-state index contributed by atoms with van der Waals surface area (Å²) in [6.45, 7) is 4.22. The maximum atomic E-state index is 11.9. The molecule has 100 valence electrons. The summed E-state index contributed by atoms with van der Waals surface area (Å²) >= 11 is 0. The van der Waals surface area contributed by atoms with Crippen LogP contribution >= 0.6 is 0 Å². The van der Waals surface area contributed by atoms with Gasteiger partial charge < -0.3 is 15.5 Å². The van der Waals surface area contributed by atoms with Crippen LogP contribution in [-0.2, 0) is 6.54 Å². The van der Waals surface area contributed by atoms with Gasteiger partial charge in [-0.2, -0.15) is 0 Å². The normalized spacial score (nSPS) is 12.2. The molecule has 1 aromatic carbocycles. The topological polar surface area (TPSA) is 81.2 Å². The molecule has 0 aliphatic heterocycles. The number of nitrogens with zero attached hydrogens (tertiary/aromatic N) is 1. The van der Waals surface area contributed by atoms with Crippen molar-refractivity contribution in [3.05, 3.63) is 53.2 Å². The number of hydrogen-bond acceptors (Lipinski definition) is 4. The van der Waals surface area contributed by atoms with E-state index in [1.165, 1.54) is 6.26 Å². The fourth-order valence-electron chi connectivity index (χ4n) is 1.70. The second kappa shape index (κ2) is 5.67. The fraction of sp³-hybridized carbons (Fsp3) is 0.286. The minimum Gasteiger partial charge on any atom is -0.446 e. The summed E-state index contributed by atoms with van der Waals surface area (Å²) in [5.41, 5.74) is 8.08. The molecule has 1 unspecified atom stereocenters. The third kappa shape index (κ3) is 3.42. The highest BCUT2D eigenvalue weighted by Gasteiger charge is 2.13. The van der Waals surface area contributed by atoms with Crippen molar-refractivity contribution < 1.29 is 9.21 Å². The first-order valence-electron chi connectivity index (χ1n) is 6.11. The maximum absolute atomic E-state index is 11.9. The van der Waals surface area contributed by atoms with Crippen molar-refractivity contribution in [2.45, 2.75) is 26.4 Å². The highest BCUT2D eigenvalue weighted by molar-refractivity contribution is 5.91. The summed E-state index contributed by atoms with van der Waals surface area (Å²) in [7, 11) is 0. The lowest BCUT2D eigenvalue weighted by Gasteiger charge is -2.04. The maximum Gasteiger partial charge on any atom is 0.273 e. The Bertz CT molecular complexity index is 576. The zero-order valence-corrected chi connectivity index (χ0v) is 11.0. The molecule has 1 amide bonds. The Hall–Kier alpha value is -2.14. The number of aromatic nitrogens is 1. The molecule has 2 aromatic rings. The van der Waals surface area contributed by atoms with E-state index in [9.17, 15) is 4.79 Å². The van der Waals surface area contributed by atoms with Crippen LogP contribution in [0.3, 0.4) is 0 Å². The van der Waals surface area contributed by atoms with Gasteiger partial charge in [0, 0.05) is 6.54 Å². The highest BCUT2D eigenvalue weighted by atomic mass is 16.3. The Kier molecular flexibility index (Phi) is 3.97. The fourth-order valence-corrected chi connectivity index (χ4v) is 1.70. The van der Waals surface area contributed by atoms with Gasteiger partial charge in [-0.05, 0) is 19.4 Å². The third-order valence-corrected chi connectivity index (χ3v) is 2.68. The van der Waals surface area contributed by atoms with E-state index < -0.39 is 0 Å². The summed E-state index contributed by atoms with van der Waals surface area (Å²) in [5.74, 6) is 0.0952. The van der Waals surface area contributed by atoms with Crippen LogP contribution < -0.4 is 11.1 Å². The van der Waals surface area contributed by atoms with Crippen molar-refractivity contribution in [1.82, 2.24) is 10.3 Å². The average Bonchev–Trinajstić information content (AvgIpc) is 2.86. The number of oxazole rings is 1. The molecule has 0 fully saturated rings. The van der Waals surface area contributed by atoms with E-state index in [0.717, 1.165) is 11.1 Å². The Labute approximate surface area is 111 Å². The Morgan fingerprint density at radius 3 is 2.95 bits per heavy atom. The number of carbonyl (C=O) groups excluding carboxylic acids is 1. The van der Waals surface area contributed by atoms with E-state index in [1.54, 1.807) is 6.92 Å². The number of aryl methyl sites for hydroxylation is 1. The van der Waals surface area contributed by atoms with Crippen LogP contribution in [-0.4, -0.2) is 10.9 Å². The molecule has 0 radical (unpaired) electrons. The molecule has 19 heavy (non-hydrogen) atoms. The van der Waals surface area contributed by atoms with Crippen LogP contribution in [0, 0.1) is 6.92 Å². The van der Waals surface area contributed by atoms with Gasteiger partial charge in [0.2, 0.25) is 5.89 Å². The Morgan fingerprint density at radius 2 is 2.32 bits per heavy atom. The SMILES string of the molecule is Cc1cccc(CNC(=O)c2coc(C(C)N)n2)c1. The van der Waals surface area contributed by atoms with Crippen LogP contribution in [0.5, 0.6) is 0 Å². The molecular formula is C14H17N3O2. The van der Waals surface area contributed by atoms with E-state index in [4.69, 9.17) is 10.2 Å². The van der Waals surface area contributed by atoms with Crippen molar-refractivity contribution in [3.63, 3.8) is 0 Å². The van der Waals surface area contributed by atoms with Crippen molar-refractivity contribution in [3.8, 4) is 0 Å². The van der Waals surface area contributed by atoms with Gasteiger partial charge in [0.05, 0.1) is 6.04 Å². The summed E-state index contributed by atoms with van der Waals surface area (Å²) in [5, 5.41) is 2.79. The van der Waals surface area contributed by atoms with Gasteiger partial charge in [0.15, 0.2) is 5.69 Å². The predicted molar refractivity (Wildman–Crippen MR) is 71.5 cm³/mol. The van der Waals surface area contributed by atoms with E-state index in [0.29, 0.717) is 12.4 Å². The molecule has 5 nitrogen and oxygen atoms in total. The number of amides is 1. The molecule has 5 heteroatoms. The minimum atomic E-state index is -0.321. The molecule has 3 N–H and O–H groups in total. The Balaban J connectivity index is 1.97. The van der Waals surface area contributed by atoms with Gasteiger partial charge in [-0.3, -0.25) is 4.79 Å². The van der Waals surface area contributed by atoms with E-state index in [1.807, 2.05) is 31.2 Å². The first-order chi connectivity index (χ1) is 9.06. The zero-order valence-electron chi connectivity index (χ0n) is 11.0. The first-order valence-corrected chi connectivity index (χ1v) is 6.11. The lowest BCUT2D eigenvalue weighted by molar-refractivity contribution is 0.0946. The lowest BCUT2D eigenvalue weighted by atomic mass is 10.1. The summed E-state index contributed by atoms with van der Waals surface area (Å²) < 4.78 is 5.12. The summed E-state index contributed by atoms with van der Waals surface area (Å²) in [6.07, 6.45) is 1.32. The molecule has 0 spiro atoms. The molecular weight excluding hydrogens is 242 g/mol. The minimum absolute atomic E-state index is 0.250. The van der Waals surface area contributed by atoms with Gasteiger partial charge in [-0.1, -0.05) is 29.8 Å². The average molecular weight is 259 g/mol. The number of hydrogen-bond donors (Lipinski definition) is 2. The van der Waals surface area contributed by atoms with E-state index in [-0.39, 0.29) is 17.6 Å². The monoisotopic (exact) mass is 259 g/mol. The van der Waals surface area contributed by atoms with E-state index in [2.05, 4.69) is 10.3 Å². The van der Waals surface area contributed by atoms with Crippen LogP contribution in [0.15, 0.2) is 34.9 Å². The van der Waals surface area contributed by atoms with Crippen LogP contribution in [0.25, 0.3) is 0 Å². The molecule has 2 rings (SSSR count). The van der Waals surface area contributed by atoms with Crippen molar-refractivity contribution >= 4 is 5.91 Å². The lowest BCUT2D eigenvalue weighted by Crippen LogP contribution is -2.23. The van der Waals surface area contributed by atoms with Crippen molar-refractivity contribution in [1.29, 1.82) is 0 Å². The molecule has 0 saturated heterocycles. The first kappa shape index (κ1) is 13.3. The molecule has 0 aliphatic rings. The van der Waals surface area contributed by atoms with Gasteiger partial charge in [0.1, 0.15) is 6.26 Å². The summed E-state index contributed by atoms with van der Waals surface area (Å²) in [6, 6.07) is 7.64. The number of nitrogens with two attached hydrogens (primary N) is 1. The van der Waals surface area contributed by atoms with Gasteiger partial charge in [-0.15, -0.1) is 0 Å². The van der Waals surface area contributed by atoms with Gasteiger partial charge in [0.25, 0.3) is 5.91 Å². The smallest absolute Gasteiger partial charge is 0.273 e. The standard InChI is InChI=1S/C14H17N3O2/c1-9-4-3-5-11(6-9)7-16-13(18)12-8-19-14(17-12)10(2)15/h3-6,8,10H,7,15H2,1-2H3,(H,16,18). The second-order valence-electron chi connectivity index (χ2n) is 4.53. The van der Waals surface area contributed by atoms with Gasteiger partial charge >= 0.3 is 0 Å². The highest BCUT2D eigenvalue weighted by Crippen LogP contribution is 2.09.